The number of rotatable bonds is 3. The molecular formula is C10H6BrCl2N3O2S. The van der Waals surface area contributed by atoms with Gasteiger partial charge < -0.3 is 0 Å². The van der Waals surface area contributed by atoms with Crippen molar-refractivity contribution in [3.63, 3.8) is 0 Å². The van der Waals surface area contributed by atoms with Gasteiger partial charge in [-0.2, -0.15) is 0 Å². The maximum absolute atomic E-state index is 12.1. The molecule has 0 saturated carbocycles. The Bertz CT molecular complexity index is 724. The second-order valence-corrected chi connectivity index (χ2v) is 6.71. The molecule has 0 radical (unpaired) electrons. The van der Waals surface area contributed by atoms with Crippen LogP contribution in [0.15, 0.2) is 39.8 Å². The Kier molecular flexibility index (Phi) is 4.29. The summed E-state index contributed by atoms with van der Waals surface area (Å²) in [6.07, 6.45) is 1.40. The number of pyridine rings is 2. The third-order valence-electron chi connectivity index (χ3n) is 2.02. The van der Waals surface area contributed by atoms with Crippen molar-refractivity contribution in [3.05, 3.63) is 45.2 Å². The van der Waals surface area contributed by atoms with E-state index in [0.717, 1.165) is 0 Å². The predicted octanol–water partition coefficient (Wildman–Crippen LogP) is 3.35. The van der Waals surface area contributed by atoms with Gasteiger partial charge in [0.25, 0.3) is 10.0 Å². The molecule has 0 aliphatic rings. The second-order valence-electron chi connectivity index (χ2n) is 3.39. The highest BCUT2D eigenvalue weighted by Crippen LogP contribution is 2.24. The number of anilines is 1. The molecular weight excluding hydrogens is 377 g/mol. The maximum Gasteiger partial charge on any atom is 0.266 e. The quantitative estimate of drug-likeness (QED) is 0.826. The number of nitrogens with zero attached hydrogens (tertiary/aromatic N) is 2. The molecule has 1 N–H and O–H groups in total. The number of hydrogen-bond donors (Lipinski definition) is 1. The Hall–Kier alpha value is -0.890. The molecule has 2 heterocycles. The Morgan fingerprint density at radius 3 is 2.68 bits per heavy atom. The van der Waals surface area contributed by atoms with Crippen LogP contribution in [0.2, 0.25) is 10.3 Å². The molecule has 0 atom stereocenters. The summed E-state index contributed by atoms with van der Waals surface area (Å²) >= 11 is 14.6. The molecule has 19 heavy (non-hydrogen) atoms. The van der Waals surface area contributed by atoms with Crippen molar-refractivity contribution in [2.75, 3.05) is 4.72 Å². The molecule has 2 rings (SSSR count). The first-order chi connectivity index (χ1) is 8.88. The zero-order chi connectivity index (χ0) is 14.0. The van der Waals surface area contributed by atoms with E-state index in [-0.39, 0.29) is 21.0 Å². The molecule has 5 nitrogen and oxygen atoms in total. The highest BCUT2D eigenvalue weighted by molar-refractivity contribution is 9.10. The van der Waals surface area contributed by atoms with Crippen LogP contribution in [0.1, 0.15) is 0 Å². The molecule has 9 heteroatoms. The molecule has 0 unspecified atom stereocenters. The Morgan fingerprint density at radius 2 is 2.00 bits per heavy atom. The van der Waals surface area contributed by atoms with Crippen LogP contribution >= 0.6 is 39.1 Å². The zero-order valence-corrected chi connectivity index (χ0v) is 13.1. The van der Waals surface area contributed by atoms with Crippen molar-refractivity contribution >= 4 is 55.0 Å². The van der Waals surface area contributed by atoms with Crippen molar-refractivity contribution in [2.45, 2.75) is 4.90 Å². The minimum atomic E-state index is -3.88. The van der Waals surface area contributed by atoms with Crippen molar-refractivity contribution in [3.8, 4) is 0 Å². The SMILES string of the molecule is O=S(=O)(Nc1cccc(Cl)n1)c1cc(Br)cnc1Cl. The van der Waals surface area contributed by atoms with Gasteiger partial charge in [-0.1, -0.05) is 29.3 Å². The van der Waals surface area contributed by atoms with Crippen LogP contribution in [0, 0.1) is 0 Å². The van der Waals surface area contributed by atoms with Gasteiger partial charge in [0.05, 0.1) is 0 Å². The summed E-state index contributed by atoms with van der Waals surface area (Å²) in [6, 6.07) is 5.94. The minimum absolute atomic E-state index is 0.101. The van der Waals surface area contributed by atoms with Gasteiger partial charge in [0, 0.05) is 10.7 Å². The number of hydrogen-bond acceptors (Lipinski definition) is 4. The van der Waals surface area contributed by atoms with Gasteiger partial charge in [-0.15, -0.1) is 0 Å². The summed E-state index contributed by atoms with van der Waals surface area (Å²) in [5.41, 5.74) is 0. The summed E-state index contributed by atoms with van der Waals surface area (Å²) in [6.45, 7) is 0. The molecule has 0 fully saturated rings. The minimum Gasteiger partial charge on any atom is -0.263 e. The summed E-state index contributed by atoms with van der Waals surface area (Å²) in [7, 11) is -3.88. The van der Waals surface area contributed by atoms with Crippen molar-refractivity contribution in [1.82, 2.24) is 9.97 Å². The van der Waals surface area contributed by atoms with Crippen LogP contribution in [-0.2, 0) is 10.0 Å². The first-order valence-electron chi connectivity index (χ1n) is 4.85. The van der Waals surface area contributed by atoms with Crippen molar-refractivity contribution < 1.29 is 8.42 Å². The third kappa shape index (κ3) is 3.56. The topological polar surface area (TPSA) is 72.0 Å². The molecule has 0 bridgehead atoms. The van der Waals surface area contributed by atoms with Crippen LogP contribution in [0.5, 0.6) is 0 Å². The number of sulfonamides is 1. The van der Waals surface area contributed by atoms with E-state index in [1.54, 1.807) is 6.07 Å². The summed E-state index contributed by atoms with van der Waals surface area (Å²) < 4.78 is 27.1. The van der Waals surface area contributed by atoms with E-state index >= 15 is 0 Å². The average Bonchev–Trinajstić information content (AvgIpc) is 2.31. The lowest BCUT2D eigenvalue weighted by Gasteiger charge is -2.08. The van der Waals surface area contributed by atoms with Gasteiger partial charge in [-0.05, 0) is 34.1 Å². The molecule has 0 aliphatic heterocycles. The van der Waals surface area contributed by atoms with Crippen LogP contribution in [0.25, 0.3) is 0 Å². The Labute approximate surface area is 128 Å². The molecule has 0 amide bonds. The van der Waals surface area contributed by atoms with Crippen molar-refractivity contribution in [2.24, 2.45) is 0 Å². The summed E-state index contributed by atoms with van der Waals surface area (Å²) in [5, 5.41) is 0.0522. The molecule has 0 aromatic carbocycles. The van der Waals surface area contributed by atoms with Gasteiger partial charge in [0.2, 0.25) is 0 Å². The van der Waals surface area contributed by atoms with Crippen LogP contribution in [-0.4, -0.2) is 18.4 Å². The number of nitrogens with one attached hydrogen (secondary N) is 1. The van der Waals surface area contributed by atoms with Gasteiger partial charge >= 0.3 is 0 Å². The number of halogens is 3. The van der Waals surface area contributed by atoms with Gasteiger partial charge in [-0.3, -0.25) is 4.72 Å². The lowest BCUT2D eigenvalue weighted by molar-refractivity contribution is 0.600. The highest BCUT2D eigenvalue weighted by Gasteiger charge is 2.20. The van der Waals surface area contributed by atoms with E-state index in [2.05, 4.69) is 30.6 Å². The summed E-state index contributed by atoms with van der Waals surface area (Å²) in [4.78, 5) is 7.45. The number of aromatic nitrogens is 2. The van der Waals surface area contributed by atoms with Crippen LogP contribution in [0.4, 0.5) is 5.82 Å². The second kappa shape index (κ2) is 5.62. The molecule has 0 saturated heterocycles. The Balaban J connectivity index is 2.40. The lowest BCUT2D eigenvalue weighted by atomic mass is 10.5. The lowest BCUT2D eigenvalue weighted by Crippen LogP contribution is -2.14. The fraction of sp³-hybridized carbons (Fsp3) is 0. The monoisotopic (exact) mass is 381 g/mol. The standard InChI is InChI=1S/C10H6BrCl2N3O2S/c11-6-4-7(10(13)14-5-6)19(17,18)16-9-3-1-2-8(12)15-9/h1-5H,(H,15,16). The van der Waals surface area contributed by atoms with Gasteiger partial charge in [-0.25, -0.2) is 18.4 Å². The molecule has 0 spiro atoms. The normalized spacial score (nSPS) is 11.3. The van der Waals surface area contributed by atoms with E-state index in [1.807, 2.05) is 0 Å². The molecule has 2 aromatic heterocycles. The van der Waals surface area contributed by atoms with Gasteiger partial charge in [0.15, 0.2) is 0 Å². The largest absolute Gasteiger partial charge is 0.266 e. The van der Waals surface area contributed by atoms with Crippen molar-refractivity contribution in [1.29, 1.82) is 0 Å². The smallest absolute Gasteiger partial charge is 0.263 e. The fourth-order valence-corrected chi connectivity index (χ4v) is 3.36. The summed E-state index contributed by atoms with van der Waals surface area (Å²) in [5.74, 6) is 0.101. The van der Waals surface area contributed by atoms with E-state index < -0.39 is 10.0 Å². The zero-order valence-electron chi connectivity index (χ0n) is 9.14. The van der Waals surface area contributed by atoms with E-state index in [9.17, 15) is 8.42 Å². The predicted molar refractivity (Wildman–Crippen MR) is 77.0 cm³/mol. The van der Waals surface area contributed by atoms with E-state index in [1.165, 1.54) is 24.4 Å². The molecule has 100 valence electrons. The first kappa shape index (κ1) is 14.5. The average molecular weight is 383 g/mol. The Morgan fingerprint density at radius 1 is 1.26 bits per heavy atom. The maximum atomic E-state index is 12.1. The van der Waals surface area contributed by atoms with Crippen LogP contribution < -0.4 is 4.72 Å². The van der Waals surface area contributed by atoms with E-state index in [4.69, 9.17) is 23.2 Å². The van der Waals surface area contributed by atoms with Gasteiger partial charge in [0.1, 0.15) is 21.0 Å². The fourth-order valence-electron chi connectivity index (χ4n) is 1.25. The van der Waals surface area contributed by atoms with Crippen LogP contribution in [0.3, 0.4) is 0 Å². The highest BCUT2D eigenvalue weighted by atomic mass is 79.9. The first-order valence-corrected chi connectivity index (χ1v) is 7.88. The van der Waals surface area contributed by atoms with E-state index in [0.29, 0.717) is 4.47 Å². The third-order valence-corrected chi connectivity index (χ3v) is 4.44. The molecule has 0 aliphatic carbocycles. The molecule has 2 aromatic rings.